The summed E-state index contributed by atoms with van der Waals surface area (Å²) in [6.07, 6.45) is 49.5. The van der Waals surface area contributed by atoms with Crippen LogP contribution in [-0.2, 0) is 28.6 Å². The molecule has 0 spiro atoms. The van der Waals surface area contributed by atoms with Gasteiger partial charge in [0.1, 0.15) is 13.2 Å². The van der Waals surface area contributed by atoms with Crippen LogP contribution in [0.4, 0.5) is 0 Å². The Bertz CT molecular complexity index is 980. The van der Waals surface area contributed by atoms with Crippen LogP contribution in [0.3, 0.4) is 0 Å². The molecule has 0 saturated heterocycles. The number of hydrogen-bond acceptors (Lipinski definition) is 6. The van der Waals surface area contributed by atoms with E-state index in [0.717, 1.165) is 75.5 Å². The van der Waals surface area contributed by atoms with Gasteiger partial charge < -0.3 is 14.2 Å². The minimum atomic E-state index is -0.764. The molecule has 6 heteroatoms. The van der Waals surface area contributed by atoms with Crippen LogP contribution in [0.15, 0.2) is 0 Å². The summed E-state index contributed by atoms with van der Waals surface area (Å²) in [5, 5.41) is 0. The molecule has 3 atom stereocenters. The lowest BCUT2D eigenvalue weighted by atomic mass is 9.99. The summed E-state index contributed by atoms with van der Waals surface area (Å²) < 4.78 is 16.9. The van der Waals surface area contributed by atoms with Gasteiger partial charge in [-0.3, -0.25) is 14.4 Å². The van der Waals surface area contributed by atoms with E-state index in [4.69, 9.17) is 14.2 Å². The molecule has 0 aliphatic heterocycles. The van der Waals surface area contributed by atoms with Crippen LogP contribution >= 0.6 is 0 Å². The zero-order valence-corrected chi connectivity index (χ0v) is 43.4. The van der Waals surface area contributed by atoms with Gasteiger partial charge in [0, 0.05) is 19.3 Å². The van der Waals surface area contributed by atoms with Crippen molar-refractivity contribution in [2.24, 2.45) is 17.8 Å². The van der Waals surface area contributed by atoms with Gasteiger partial charge in [-0.05, 0) is 37.0 Å². The van der Waals surface area contributed by atoms with Crippen molar-refractivity contribution in [3.05, 3.63) is 0 Å². The average Bonchev–Trinajstić information content (AvgIpc) is 3.27. The summed E-state index contributed by atoms with van der Waals surface area (Å²) in [5.41, 5.74) is 0. The van der Waals surface area contributed by atoms with E-state index in [1.807, 2.05) is 0 Å². The van der Waals surface area contributed by atoms with Crippen molar-refractivity contribution in [1.29, 1.82) is 0 Å². The molecule has 0 aromatic carbocycles. The van der Waals surface area contributed by atoms with Crippen LogP contribution < -0.4 is 0 Å². The Balaban J connectivity index is 4.24. The summed E-state index contributed by atoms with van der Waals surface area (Å²) in [5.74, 6) is 1.70. The summed E-state index contributed by atoms with van der Waals surface area (Å²) in [6, 6.07) is 0. The fraction of sp³-hybridized carbons (Fsp3) is 0.947. The van der Waals surface area contributed by atoms with E-state index in [1.165, 1.54) is 193 Å². The lowest BCUT2D eigenvalue weighted by Gasteiger charge is -2.18. The predicted molar refractivity (Wildman–Crippen MR) is 270 cm³/mol. The largest absolute Gasteiger partial charge is 0.462 e. The van der Waals surface area contributed by atoms with Crippen molar-refractivity contribution in [3.63, 3.8) is 0 Å². The molecule has 0 N–H and O–H groups in total. The molecule has 0 aliphatic rings. The molecular formula is C57H110O6. The highest BCUT2D eigenvalue weighted by Crippen LogP contribution is 2.19. The Labute approximate surface area is 393 Å². The highest BCUT2D eigenvalue weighted by atomic mass is 16.6. The molecule has 0 saturated carbocycles. The molecule has 0 heterocycles. The lowest BCUT2D eigenvalue weighted by Crippen LogP contribution is -2.30. The maximum absolute atomic E-state index is 12.8. The van der Waals surface area contributed by atoms with Crippen molar-refractivity contribution in [3.8, 4) is 0 Å². The van der Waals surface area contributed by atoms with E-state index >= 15 is 0 Å². The zero-order valence-electron chi connectivity index (χ0n) is 43.4. The first-order valence-electron chi connectivity index (χ1n) is 28.2. The molecule has 0 amide bonds. The van der Waals surface area contributed by atoms with Crippen LogP contribution in [0.1, 0.15) is 311 Å². The number of carbonyl (C=O) groups is 3. The van der Waals surface area contributed by atoms with E-state index in [-0.39, 0.29) is 31.1 Å². The van der Waals surface area contributed by atoms with Gasteiger partial charge >= 0.3 is 17.9 Å². The quantitative estimate of drug-likeness (QED) is 0.0344. The molecule has 0 aromatic rings. The van der Waals surface area contributed by atoms with Crippen LogP contribution in [0, 0.1) is 17.8 Å². The van der Waals surface area contributed by atoms with Gasteiger partial charge in [0.2, 0.25) is 0 Å². The van der Waals surface area contributed by atoms with E-state index in [0.29, 0.717) is 19.3 Å². The second-order valence-corrected chi connectivity index (χ2v) is 20.5. The molecule has 0 fully saturated rings. The molecule has 374 valence electrons. The van der Waals surface area contributed by atoms with Gasteiger partial charge in [-0.15, -0.1) is 0 Å². The monoisotopic (exact) mass is 891 g/mol. The third-order valence-corrected chi connectivity index (χ3v) is 13.6. The number of rotatable bonds is 50. The maximum Gasteiger partial charge on any atom is 0.306 e. The van der Waals surface area contributed by atoms with Gasteiger partial charge in [-0.2, -0.15) is 0 Å². The summed E-state index contributed by atoms with van der Waals surface area (Å²) in [4.78, 5) is 38.0. The first-order valence-corrected chi connectivity index (χ1v) is 28.2. The third-order valence-electron chi connectivity index (χ3n) is 13.6. The molecule has 0 rings (SSSR count). The molecule has 2 unspecified atom stereocenters. The minimum absolute atomic E-state index is 0.0648. The number of hydrogen-bond donors (Lipinski definition) is 0. The van der Waals surface area contributed by atoms with Crippen LogP contribution in [0.2, 0.25) is 0 Å². The number of carbonyl (C=O) groups excluding carboxylic acids is 3. The van der Waals surface area contributed by atoms with Crippen molar-refractivity contribution >= 4 is 17.9 Å². The number of unbranched alkanes of at least 4 members (excludes halogenated alkanes) is 31. The fourth-order valence-electron chi connectivity index (χ4n) is 8.58. The lowest BCUT2D eigenvalue weighted by molar-refractivity contribution is -0.167. The second kappa shape index (κ2) is 48.3. The van der Waals surface area contributed by atoms with E-state index in [2.05, 4.69) is 41.5 Å². The molecule has 6 nitrogen and oxygen atoms in total. The summed E-state index contributed by atoms with van der Waals surface area (Å²) in [6.45, 7) is 13.8. The Hall–Kier alpha value is -1.59. The Morgan fingerprint density at radius 1 is 0.317 bits per heavy atom. The van der Waals surface area contributed by atoms with E-state index in [9.17, 15) is 14.4 Å². The fourth-order valence-corrected chi connectivity index (χ4v) is 8.58. The van der Waals surface area contributed by atoms with Gasteiger partial charge in [-0.25, -0.2) is 0 Å². The van der Waals surface area contributed by atoms with Crippen LogP contribution in [-0.4, -0.2) is 37.2 Å². The molecule has 63 heavy (non-hydrogen) atoms. The summed E-state index contributed by atoms with van der Waals surface area (Å²) >= 11 is 0. The Morgan fingerprint density at radius 3 is 0.825 bits per heavy atom. The zero-order chi connectivity index (χ0) is 46.3. The normalized spacial score (nSPS) is 13.0. The van der Waals surface area contributed by atoms with E-state index < -0.39 is 6.10 Å². The first kappa shape index (κ1) is 61.4. The predicted octanol–water partition coefficient (Wildman–Crippen LogP) is 18.3. The maximum atomic E-state index is 12.8. The van der Waals surface area contributed by atoms with Crippen molar-refractivity contribution in [1.82, 2.24) is 0 Å². The second-order valence-electron chi connectivity index (χ2n) is 20.5. The number of ether oxygens (including phenoxy) is 3. The number of esters is 3. The standard InChI is InChI=1S/C57H110O6/c1-7-52(5)44-38-32-26-22-18-14-10-12-16-20-24-28-35-41-47-56(59)62-50-54(63-57(60)48-42-36-30-29-33-39-45-53(6)8-2)49-61-55(58)46-40-34-27-23-19-15-11-9-13-17-21-25-31-37-43-51(3)4/h51-54H,7-50H2,1-6H3/t52?,53?,54-/m1/s1. The van der Waals surface area contributed by atoms with Gasteiger partial charge in [-0.1, -0.05) is 273 Å². The molecule has 0 aliphatic carbocycles. The van der Waals surface area contributed by atoms with Gasteiger partial charge in [0.05, 0.1) is 0 Å². The SMILES string of the molecule is CCC(C)CCCCCCCCCCCCCCCCC(=O)OC[C@@H](COC(=O)CCCCCCCCCCCCCCCCC(C)C)OC(=O)CCCCCCCCC(C)CC. The average molecular weight is 892 g/mol. The van der Waals surface area contributed by atoms with Crippen LogP contribution in [0.5, 0.6) is 0 Å². The van der Waals surface area contributed by atoms with E-state index in [1.54, 1.807) is 0 Å². The highest BCUT2D eigenvalue weighted by Gasteiger charge is 2.19. The molecular weight excluding hydrogens is 781 g/mol. The van der Waals surface area contributed by atoms with Crippen molar-refractivity contribution in [2.45, 2.75) is 317 Å². The topological polar surface area (TPSA) is 78.9 Å². The first-order chi connectivity index (χ1) is 30.7. The molecule has 0 bridgehead atoms. The van der Waals surface area contributed by atoms with Crippen molar-refractivity contribution in [2.75, 3.05) is 13.2 Å². The minimum Gasteiger partial charge on any atom is -0.462 e. The Kier molecular flexibility index (Phi) is 47.1. The van der Waals surface area contributed by atoms with Crippen LogP contribution in [0.25, 0.3) is 0 Å². The van der Waals surface area contributed by atoms with Gasteiger partial charge in [0.15, 0.2) is 6.10 Å². The summed E-state index contributed by atoms with van der Waals surface area (Å²) in [7, 11) is 0. The molecule has 0 aromatic heterocycles. The van der Waals surface area contributed by atoms with Crippen molar-refractivity contribution < 1.29 is 28.6 Å². The third kappa shape index (κ3) is 48.2. The van der Waals surface area contributed by atoms with Gasteiger partial charge in [0.25, 0.3) is 0 Å². The molecule has 0 radical (unpaired) electrons. The highest BCUT2D eigenvalue weighted by molar-refractivity contribution is 5.71. The smallest absolute Gasteiger partial charge is 0.306 e. The Morgan fingerprint density at radius 2 is 0.556 bits per heavy atom.